The van der Waals surface area contributed by atoms with E-state index in [-0.39, 0.29) is 22.6 Å². The van der Waals surface area contributed by atoms with Crippen molar-refractivity contribution in [1.82, 2.24) is 5.16 Å². The van der Waals surface area contributed by atoms with E-state index in [1.807, 2.05) is 24.3 Å². The van der Waals surface area contributed by atoms with Gasteiger partial charge in [0.05, 0.1) is 18.7 Å². The molecule has 0 spiro atoms. The first-order chi connectivity index (χ1) is 15.6. The second-order valence-electron chi connectivity index (χ2n) is 9.07. The number of anilines is 1. The van der Waals surface area contributed by atoms with Crippen molar-refractivity contribution in [1.29, 1.82) is 0 Å². The van der Waals surface area contributed by atoms with E-state index in [0.29, 0.717) is 22.6 Å². The number of carbonyl (C=O) groups is 2. The Bertz CT molecular complexity index is 1230. The Morgan fingerprint density at radius 2 is 1.70 bits per heavy atom. The van der Waals surface area contributed by atoms with Crippen molar-refractivity contribution < 1.29 is 24.0 Å². The highest BCUT2D eigenvalue weighted by Gasteiger charge is 2.48. The summed E-state index contributed by atoms with van der Waals surface area (Å²) in [5.74, 6) is -0.489. The third-order valence-electron chi connectivity index (χ3n) is 5.76. The predicted molar refractivity (Wildman–Crippen MR) is 124 cm³/mol. The van der Waals surface area contributed by atoms with Gasteiger partial charge in [-0.05, 0) is 47.7 Å². The summed E-state index contributed by atoms with van der Waals surface area (Å²) in [6.45, 7) is 8.03. The van der Waals surface area contributed by atoms with Gasteiger partial charge in [-0.2, -0.15) is 0 Å². The van der Waals surface area contributed by atoms with E-state index in [0.717, 1.165) is 5.56 Å². The van der Waals surface area contributed by atoms with Gasteiger partial charge in [-0.3, -0.25) is 14.5 Å². The summed E-state index contributed by atoms with van der Waals surface area (Å²) in [7, 11) is 1.54. The lowest BCUT2D eigenvalue weighted by molar-refractivity contribution is -0.132. The number of carbonyl (C=O) groups excluding carboxylic acids is 2. The first kappa shape index (κ1) is 22.3. The number of methoxy groups -OCH3 is 1. The predicted octanol–water partition coefficient (Wildman–Crippen LogP) is 4.92. The van der Waals surface area contributed by atoms with Crippen LogP contribution >= 0.6 is 0 Å². The Balaban J connectivity index is 1.89. The van der Waals surface area contributed by atoms with Gasteiger partial charge in [0, 0.05) is 11.6 Å². The summed E-state index contributed by atoms with van der Waals surface area (Å²) < 4.78 is 10.3. The van der Waals surface area contributed by atoms with Gasteiger partial charge in [0.25, 0.3) is 5.78 Å². The van der Waals surface area contributed by atoms with E-state index in [9.17, 15) is 14.7 Å². The standard InChI is InChI=1S/C26H26N2O5/c1-15-14-20(27-33-15)28-22(16-6-10-18(11-7-16)26(2,3)4)21(24(30)25(28)31)23(29)17-8-12-19(32-5)13-9-17/h6-14,22,29H,1-5H3/b23-21+/t22-/m0/s1. The van der Waals surface area contributed by atoms with Crippen molar-refractivity contribution in [2.24, 2.45) is 0 Å². The van der Waals surface area contributed by atoms with E-state index in [1.54, 1.807) is 44.4 Å². The highest BCUT2D eigenvalue weighted by molar-refractivity contribution is 6.51. The van der Waals surface area contributed by atoms with Crippen LogP contribution < -0.4 is 9.64 Å². The largest absolute Gasteiger partial charge is 0.507 e. The molecule has 3 aromatic rings. The van der Waals surface area contributed by atoms with Crippen molar-refractivity contribution in [3.05, 3.63) is 82.6 Å². The summed E-state index contributed by atoms with van der Waals surface area (Å²) in [5, 5.41) is 15.1. The Kier molecular flexibility index (Phi) is 5.57. The average Bonchev–Trinajstić information content (AvgIpc) is 3.33. The number of aryl methyl sites for hydroxylation is 1. The summed E-state index contributed by atoms with van der Waals surface area (Å²) in [4.78, 5) is 27.5. The molecule has 1 atom stereocenters. The number of ether oxygens (including phenoxy) is 1. The fourth-order valence-electron chi connectivity index (χ4n) is 3.92. The zero-order valence-corrected chi connectivity index (χ0v) is 19.2. The van der Waals surface area contributed by atoms with Crippen LogP contribution in [0.4, 0.5) is 5.82 Å². The maximum atomic E-state index is 13.2. The van der Waals surface area contributed by atoms with Crippen LogP contribution in [0.15, 0.2) is 64.7 Å². The maximum Gasteiger partial charge on any atom is 0.301 e. The number of ketones is 1. The molecule has 2 heterocycles. The topological polar surface area (TPSA) is 92.9 Å². The van der Waals surface area contributed by atoms with Gasteiger partial charge in [-0.1, -0.05) is 50.2 Å². The third kappa shape index (κ3) is 4.02. The molecule has 1 saturated heterocycles. The maximum absolute atomic E-state index is 13.2. The highest BCUT2D eigenvalue weighted by atomic mass is 16.5. The van der Waals surface area contributed by atoms with E-state index >= 15 is 0 Å². The zero-order valence-electron chi connectivity index (χ0n) is 19.2. The number of aliphatic hydroxyl groups excluding tert-OH is 1. The SMILES string of the molecule is COc1ccc(/C(O)=C2\C(=O)C(=O)N(c3cc(C)on3)[C@H]2c2ccc(C(C)(C)C)cc2)cc1. The molecule has 1 amide bonds. The Hall–Kier alpha value is -3.87. The number of nitrogens with zero attached hydrogens (tertiary/aromatic N) is 2. The lowest BCUT2D eigenvalue weighted by atomic mass is 9.85. The van der Waals surface area contributed by atoms with Gasteiger partial charge in [0.2, 0.25) is 0 Å². The monoisotopic (exact) mass is 446 g/mol. The lowest BCUT2D eigenvalue weighted by Crippen LogP contribution is -2.29. The Morgan fingerprint density at radius 3 is 2.21 bits per heavy atom. The van der Waals surface area contributed by atoms with Crippen LogP contribution in [-0.4, -0.2) is 29.1 Å². The van der Waals surface area contributed by atoms with Gasteiger partial charge in [0.1, 0.15) is 17.3 Å². The van der Waals surface area contributed by atoms with Crippen LogP contribution in [-0.2, 0) is 15.0 Å². The lowest BCUT2D eigenvalue weighted by Gasteiger charge is -2.24. The van der Waals surface area contributed by atoms with Crippen LogP contribution in [0.5, 0.6) is 5.75 Å². The van der Waals surface area contributed by atoms with Gasteiger partial charge in [-0.15, -0.1) is 0 Å². The number of benzene rings is 2. The normalized spacial score (nSPS) is 18.1. The van der Waals surface area contributed by atoms with Crippen LogP contribution in [0.1, 0.15) is 49.3 Å². The number of hydrogen-bond donors (Lipinski definition) is 1. The molecule has 1 N–H and O–H groups in total. The third-order valence-corrected chi connectivity index (χ3v) is 5.76. The van der Waals surface area contributed by atoms with E-state index in [4.69, 9.17) is 9.26 Å². The Labute approximate surface area is 192 Å². The zero-order chi connectivity index (χ0) is 23.9. The molecular weight excluding hydrogens is 420 g/mol. The fraction of sp³-hybridized carbons (Fsp3) is 0.269. The van der Waals surface area contributed by atoms with Crippen LogP contribution in [0.2, 0.25) is 0 Å². The second-order valence-corrected chi connectivity index (χ2v) is 9.07. The van der Waals surface area contributed by atoms with E-state index in [1.165, 1.54) is 4.90 Å². The number of amides is 1. The van der Waals surface area contributed by atoms with Crippen LogP contribution in [0.3, 0.4) is 0 Å². The minimum absolute atomic E-state index is 0.00525. The molecule has 1 fully saturated rings. The second kappa shape index (κ2) is 8.24. The summed E-state index contributed by atoms with van der Waals surface area (Å²) in [5.41, 5.74) is 2.12. The summed E-state index contributed by atoms with van der Waals surface area (Å²) in [6, 6.07) is 15.1. The average molecular weight is 447 g/mol. The van der Waals surface area contributed by atoms with E-state index in [2.05, 4.69) is 25.9 Å². The quantitative estimate of drug-likeness (QED) is 0.348. The molecule has 7 heteroatoms. The van der Waals surface area contributed by atoms with Crippen molar-refractivity contribution in [3.8, 4) is 5.75 Å². The summed E-state index contributed by atoms with van der Waals surface area (Å²) in [6.07, 6.45) is 0. The number of aromatic nitrogens is 1. The molecule has 170 valence electrons. The van der Waals surface area contributed by atoms with Gasteiger partial charge in [-0.25, -0.2) is 0 Å². The first-order valence-electron chi connectivity index (χ1n) is 10.6. The van der Waals surface area contributed by atoms with Crippen LogP contribution in [0.25, 0.3) is 5.76 Å². The van der Waals surface area contributed by atoms with E-state index < -0.39 is 17.7 Å². The number of aliphatic hydroxyl groups is 1. The van der Waals surface area contributed by atoms with Crippen molar-refractivity contribution >= 4 is 23.3 Å². The highest BCUT2D eigenvalue weighted by Crippen LogP contribution is 2.42. The first-order valence-corrected chi connectivity index (χ1v) is 10.6. The molecule has 33 heavy (non-hydrogen) atoms. The molecule has 0 saturated carbocycles. The molecule has 4 rings (SSSR count). The van der Waals surface area contributed by atoms with Crippen molar-refractivity contribution in [3.63, 3.8) is 0 Å². The molecule has 1 aliphatic heterocycles. The molecule has 7 nitrogen and oxygen atoms in total. The van der Waals surface area contributed by atoms with Crippen molar-refractivity contribution in [2.75, 3.05) is 12.0 Å². The molecule has 2 aromatic carbocycles. The number of rotatable bonds is 4. The summed E-state index contributed by atoms with van der Waals surface area (Å²) >= 11 is 0. The van der Waals surface area contributed by atoms with Gasteiger partial charge >= 0.3 is 5.91 Å². The van der Waals surface area contributed by atoms with Crippen molar-refractivity contribution in [2.45, 2.75) is 39.2 Å². The minimum atomic E-state index is -0.856. The van der Waals surface area contributed by atoms with Gasteiger partial charge < -0.3 is 14.4 Å². The number of Topliss-reactive ketones (excluding diaryl/α,β-unsaturated/α-hetero) is 1. The Morgan fingerprint density at radius 1 is 1.06 bits per heavy atom. The molecule has 1 aliphatic rings. The smallest absolute Gasteiger partial charge is 0.301 e. The molecular formula is C26H26N2O5. The molecule has 0 radical (unpaired) electrons. The number of hydrogen-bond acceptors (Lipinski definition) is 6. The van der Waals surface area contributed by atoms with Gasteiger partial charge in [0.15, 0.2) is 5.82 Å². The molecule has 1 aromatic heterocycles. The molecule has 0 unspecified atom stereocenters. The van der Waals surface area contributed by atoms with Crippen LogP contribution in [0, 0.1) is 6.92 Å². The minimum Gasteiger partial charge on any atom is -0.507 e. The fourth-order valence-corrected chi connectivity index (χ4v) is 3.92. The molecule has 0 bridgehead atoms. The molecule has 0 aliphatic carbocycles.